The summed E-state index contributed by atoms with van der Waals surface area (Å²) in [6.07, 6.45) is 0. The molecule has 7 heteroatoms. The van der Waals surface area contributed by atoms with E-state index in [0.717, 1.165) is 0 Å². The lowest BCUT2D eigenvalue weighted by Gasteiger charge is -2.14. The summed E-state index contributed by atoms with van der Waals surface area (Å²) in [5, 5.41) is 0.804. The smallest absolute Gasteiger partial charge is 0.387 e. The largest absolute Gasteiger partial charge is 0.433 e. The minimum Gasteiger partial charge on any atom is -0.433 e. The second-order valence-electron chi connectivity index (χ2n) is 3.74. The van der Waals surface area contributed by atoms with E-state index in [1.54, 1.807) is 12.1 Å². The second-order valence-corrected chi connectivity index (χ2v) is 5.37. The van der Waals surface area contributed by atoms with Crippen molar-refractivity contribution in [3.8, 4) is 16.9 Å². The van der Waals surface area contributed by atoms with Gasteiger partial charge >= 0.3 is 6.61 Å². The van der Waals surface area contributed by atoms with Gasteiger partial charge in [-0.15, -0.1) is 0 Å². The quantitative estimate of drug-likeness (QED) is 0.564. The van der Waals surface area contributed by atoms with Gasteiger partial charge in [0.25, 0.3) is 0 Å². The number of alkyl halides is 2. The fourth-order valence-electron chi connectivity index (χ4n) is 1.66. The summed E-state index contributed by atoms with van der Waals surface area (Å²) in [4.78, 5) is 0. The molecule has 1 nitrogen and oxygen atoms in total. The maximum absolute atomic E-state index is 12.5. The molecule has 0 aliphatic rings. The molecule has 0 bridgehead atoms. The van der Waals surface area contributed by atoms with Crippen molar-refractivity contribution in [3.05, 3.63) is 50.4 Å². The number of ether oxygens (including phenoxy) is 1. The monoisotopic (exact) mass is 356 g/mol. The van der Waals surface area contributed by atoms with Crippen LogP contribution in [-0.2, 0) is 0 Å². The van der Waals surface area contributed by atoms with Crippen LogP contribution < -0.4 is 4.74 Å². The SMILES string of the molecule is FC(F)Oc1c(Cl)cccc1-c1cc(Cl)c(Cl)cc1Cl. The highest BCUT2D eigenvalue weighted by molar-refractivity contribution is 6.44. The van der Waals surface area contributed by atoms with Gasteiger partial charge in [0.2, 0.25) is 0 Å². The molecule has 2 rings (SSSR count). The topological polar surface area (TPSA) is 9.23 Å². The molecule has 0 fully saturated rings. The van der Waals surface area contributed by atoms with Crippen molar-refractivity contribution >= 4 is 46.4 Å². The fraction of sp³-hybridized carbons (Fsp3) is 0.0769. The lowest BCUT2D eigenvalue weighted by Crippen LogP contribution is -2.04. The van der Waals surface area contributed by atoms with E-state index < -0.39 is 6.61 Å². The van der Waals surface area contributed by atoms with Crippen LogP contribution in [0.25, 0.3) is 11.1 Å². The Balaban J connectivity index is 2.63. The molecular formula is C13H6Cl4F2O. The van der Waals surface area contributed by atoms with Gasteiger partial charge < -0.3 is 4.74 Å². The number of rotatable bonds is 3. The normalized spacial score (nSPS) is 10.9. The minimum atomic E-state index is -3.00. The van der Waals surface area contributed by atoms with Gasteiger partial charge in [-0.1, -0.05) is 58.5 Å². The highest BCUT2D eigenvalue weighted by Gasteiger charge is 2.17. The molecule has 0 aromatic heterocycles. The van der Waals surface area contributed by atoms with E-state index >= 15 is 0 Å². The highest BCUT2D eigenvalue weighted by Crippen LogP contribution is 2.42. The average Bonchev–Trinajstić information content (AvgIpc) is 2.36. The summed E-state index contributed by atoms with van der Waals surface area (Å²) >= 11 is 23.7. The van der Waals surface area contributed by atoms with Crippen LogP contribution in [0.15, 0.2) is 30.3 Å². The molecule has 106 valence electrons. The van der Waals surface area contributed by atoms with Crippen LogP contribution in [0, 0.1) is 0 Å². The maximum atomic E-state index is 12.5. The average molecular weight is 358 g/mol. The lowest BCUT2D eigenvalue weighted by atomic mass is 10.0. The van der Waals surface area contributed by atoms with Gasteiger partial charge in [0.1, 0.15) is 0 Å². The highest BCUT2D eigenvalue weighted by atomic mass is 35.5. The molecule has 0 aliphatic carbocycles. The van der Waals surface area contributed by atoms with Gasteiger partial charge in [-0.05, 0) is 18.2 Å². The molecule has 0 unspecified atom stereocenters. The van der Waals surface area contributed by atoms with Crippen molar-refractivity contribution in [2.75, 3.05) is 0 Å². The van der Waals surface area contributed by atoms with Crippen LogP contribution in [0.3, 0.4) is 0 Å². The molecule has 0 saturated carbocycles. The zero-order valence-corrected chi connectivity index (χ0v) is 12.7. The number of hydrogen-bond acceptors (Lipinski definition) is 1. The first kappa shape index (κ1) is 15.6. The number of benzene rings is 2. The summed E-state index contributed by atoms with van der Waals surface area (Å²) in [7, 11) is 0. The first-order chi connectivity index (χ1) is 9.40. The van der Waals surface area contributed by atoms with Gasteiger partial charge in [0.05, 0.1) is 20.1 Å². The molecule has 0 aliphatic heterocycles. The summed E-state index contributed by atoms with van der Waals surface area (Å²) < 4.78 is 29.4. The molecule has 0 saturated heterocycles. The van der Waals surface area contributed by atoms with Gasteiger partial charge in [-0.25, -0.2) is 0 Å². The first-order valence-corrected chi connectivity index (χ1v) is 6.79. The van der Waals surface area contributed by atoms with Crippen molar-refractivity contribution in [3.63, 3.8) is 0 Å². The van der Waals surface area contributed by atoms with E-state index in [1.165, 1.54) is 18.2 Å². The van der Waals surface area contributed by atoms with Crippen molar-refractivity contribution in [2.24, 2.45) is 0 Å². The summed E-state index contributed by atoms with van der Waals surface area (Å²) in [5.41, 5.74) is 0.709. The Morgan fingerprint density at radius 3 is 2.10 bits per heavy atom. The van der Waals surface area contributed by atoms with Gasteiger partial charge in [-0.3, -0.25) is 0 Å². The molecular weight excluding hydrogens is 352 g/mol. The Bertz CT molecular complexity index is 647. The second kappa shape index (κ2) is 6.35. The Morgan fingerprint density at radius 2 is 1.45 bits per heavy atom. The van der Waals surface area contributed by atoms with E-state index in [4.69, 9.17) is 46.4 Å². The number of halogens is 6. The third-order valence-electron chi connectivity index (χ3n) is 2.47. The zero-order valence-electron chi connectivity index (χ0n) is 9.64. The number of para-hydroxylation sites is 1. The molecule has 0 amide bonds. The van der Waals surface area contributed by atoms with Crippen LogP contribution in [0.2, 0.25) is 20.1 Å². The summed E-state index contributed by atoms with van der Waals surface area (Å²) in [5.74, 6) is -0.163. The number of hydrogen-bond donors (Lipinski definition) is 0. The van der Waals surface area contributed by atoms with Crippen LogP contribution in [0.1, 0.15) is 0 Å². The van der Waals surface area contributed by atoms with Crippen molar-refractivity contribution < 1.29 is 13.5 Å². The van der Waals surface area contributed by atoms with Crippen LogP contribution >= 0.6 is 46.4 Å². The van der Waals surface area contributed by atoms with Crippen LogP contribution in [0.4, 0.5) is 8.78 Å². The van der Waals surface area contributed by atoms with Crippen LogP contribution in [0.5, 0.6) is 5.75 Å². The molecule has 0 atom stereocenters. The third-order valence-corrected chi connectivity index (χ3v) is 3.81. The first-order valence-electron chi connectivity index (χ1n) is 5.28. The summed E-state index contributed by atoms with van der Waals surface area (Å²) in [6, 6.07) is 7.47. The van der Waals surface area contributed by atoms with E-state index in [2.05, 4.69) is 4.74 Å². The Hall–Kier alpha value is -0.740. The van der Waals surface area contributed by atoms with E-state index in [-0.39, 0.29) is 25.8 Å². The van der Waals surface area contributed by atoms with E-state index in [9.17, 15) is 8.78 Å². The molecule has 2 aromatic rings. The third kappa shape index (κ3) is 3.29. The maximum Gasteiger partial charge on any atom is 0.387 e. The van der Waals surface area contributed by atoms with Crippen molar-refractivity contribution in [1.29, 1.82) is 0 Å². The van der Waals surface area contributed by atoms with Gasteiger partial charge in [0.15, 0.2) is 5.75 Å². The zero-order chi connectivity index (χ0) is 14.9. The molecule has 0 spiro atoms. The Kier molecular flexibility index (Phi) is 4.97. The predicted octanol–water partition coefficient (Wildman–Crippen LogP) is 6.57. The molecule has 0 N–H and O–H groups in total. The Labute approximate surface area is 134 Å². The van der Waals surface area contributed by atoms with Crippen molar-refractivity contribution in [1.82, 2.24) is 0 Å². The molecule has 0 heterocycles. The Morgan fingerprint density at radius 1 is 0.800 bits per heavy atom. The van der Waals surface area contributed by atoms with E-state index in [1.807, 2.05) is 0 Å². The predicted molar refractivity (Wildman–Crippen MR) is 78.6 cm³/mol. The van der Waals surface area contributed by atoms with Gasteiger partial charge in [0, 0.05) is 11.1 Å². The lowest BCUT2D eigenvalue weighted by molar-refractivity contribution is -0.0493. The summed E-state index contributed by atoms with van der Waals surface area (Å²) in [6.45, 7) is -3.00. The van der Waals surface area contributed by atoms with Gasteiger partial charge in [-0.2, -0.15) is 8.78 Å². The van der Waals surface area contributed by atoms with E-state index in [0.29, 0.717) is 11.1 Å². The minimum absolute atomic E-state index is 0.0462. The van der Waals surface area contributed by atoms with Crippen molar-refractivity contribution in [2.45, 2.75) is 6.61 Å². The van der Waals surface area contributed by atoms with Crippen LogP contribution in [-0.4, -0.2) is 6.61 Å². The standard InChI is InChI=1S/C13H6Cl4F2O/c14-8-3-1-2-6(12(8)20-13(18)19)7-4-10(16)11(17)5-9(7)15/h1-5,13H. The molecule has 2 aromatic carbocycles. The molecule has 20 heavy (non-hydrogen) atoms. The fourth-order valence-corrected chi connectivity index (χ4v) is 2.53. The molecule has 0 radical (unpaired) electrons.